The van der Waals surface area contributed by atoms with E-state index in [1.807, 2.05) is 13.0 Å². The van der Waals surface area contributed by atoms with E-state index in [1.165, 1.54) is 5.56 Å². The fourth-order valence-corrected chi connectivity index (χ4v) is 5.36. The minimum atomic E-state index is -0.853. The van der Waals surface area contributed by atoms with Crippen LogP contribution in [0.15, 0.2) is 24.8 Å². The Kier molecular flexibility index (Phi) is 4.18. The van der Waals surface area contributed by atoms with Crippen molar-refractivity contribution >= 4 is 0 Å². The molecule has 1 heterocycles. The van der Waals surface area contributed by atoms with Crippen molar-refractivity contribution in [2.45, 2.75) is 69.3 Å². The van der Waals surface area contributed by atoms with E-state index in [2.05, 4.69) is 30.5 Å². The van der Waals surface area contributed by atoms with E-state index in [0.29, 0.717) is 12.8 Å². The molecule has 3 aliphatic rings. The number of aryl methyl sites for hydroxylation is 1. The number of benzene rings is 1. The molecule has 4 nitrogen and oxygen atoms in total. The minimum absolute atomic E-state index is 0.0372. The third-order valence-corrected chi connectivity index (χ3v) is 6.44. The van der Waals surface area contributed by atoms with E-state index in [9.17, 15) is 10.2 Å². The Labute approximate surface area is 150 Å². The smallest absolute Gasteiger partial charge is 0.134 e. The molecule has 2 N–H and O–H groups in total. The van der Waals surface area contributed by atoms with Gasteiger partial charge in [-0.3, -0.25) is 4.90 Å². The topological polar surface area (TPSA) is 52.9 Å². The molecule has 2 aliphatic carbocycles. The van der Waals surface area contributed by atoms with Gasteiger partial charge in [0.25, 0.3) is 0 Å². The highest BCUT2D eigenvalue weighted by atomic mass is 16.5. The largest absolute Gasteiger partial charge is 0.486 e. The van der Waals surface area contributed by atoms with Gasteiger partial charge in [-0.25, -0.2) is 0 Å². The van der Waals surface area contributed by atoms with E-state index in [1.54, 1.807) is 0 Å². The summed E-state index contributed by atoms with van der Waals surface area (Å²) in [7, 11) is 0. The number of hydrogen-bond donors (Lipinski definition) is 2. The van der Waals surface area contributed by atoms with Crippen molar-refractivity contribution in [3.8, 4) is 5.75 Å². The summed E-state index contributed by atoms with van der Waals surface area (Å²) in [6.45, 7) is 9.84. The van der Waals surface area contributed by atoms with Crippen molar-refractivity contribution in [2.24, 2.45) is 0 Å². The normalized spacial score (nSPS) is 35.4. The summed E-state index contributed by atoms with van der Waals surface area (Å²) in [5.74, 6) is 0.764. The second-order valence-corrected chi connectivity index (χ2v) is 7.95. The lowest BCUT2D eigenvalue weighted by Gasteiger charge is -2.53. The number of aliphatic hydroxyl groups is 2. The summed E-state index contributed by atoms with van der Waals surface area (Å²) in [6.07, 6.45) is 4.16. The molecule has 1 aromatic carbocycles. The Morgan fingerprint density at radius 3 is 2.96 bits per heavy atom. The maximum absolute atomic E-state index is 11.9. The van der Waals surface area contributed by atoms with Gasteiger partial charge in [-0.2, -0.15) is 0 Å². The Morgan fingerprint density at radius 2 is 2.24 bits per heavy atom. The Bertz CT molecular complexity index is 688. The van der Waals surface area contributed by atoms with Gasteiger partial charge in [-0.05, 0) is 50.3 Å². The molecule has 4 rings (SSSR count). The second kappa shape index (κ2) is 6.11. The van der Waals surface area contributed by atoms with Gasteiger partial charge in [-0.1, -0.05) is 25.1 Å². The number of aliphatic hydroxyl groups excluding tert-OH is 1. The maximum Gasteiger partial charge on any atom is 0.134 e. The highest BCUT2D eigenvalue weighted by molar-refractivity contribution is 5.56. The van der Waals surface area contributed by atoms with Crippen molar-refractivity contribution in [3.05, 3.63) is 41.5 Å². The average molecular weight is 343 g/mol. The summed E-state index contributed by atoms with van der Waals surface area (Å²) in [5.41, 5.74) is 2.66. The zero-order valence-corrected chi connectivity index (χ0v) is 15.2. The first-order valence-corrected chi connectivity index (χ1v) is 9.55. The predicted octanol–water partition coefficient (Wildman–Crippen LogP) is 2.55. The molecule has 25 heavy (non-hydrogen) atoms. The average Bonchev–Trinajstić information content (AvgIpc) is 3.01. The minimum Gasteiger partial charge on any atom is -0.486 e. The molecular weight excluding hydrogens is 314 g/mol. The van der Waals surface area contributed by atoms with Crippen LogP contribution in [0.3, 0.4) is 0 Å². The zero-order valence-electron chi connectivity index (χ0n) is 15.2. The molecule has 4 heteroatoms. The molecule has 1 fully saturated rings. The third kappa shape index (κ3) is 2.38. The van der Waals surface area contributed by atoms with Gasteiger partial charge in [0, 0.05) is 18.2 Å². The molecule has 1 aliphatic heterocycles. The summed E-state index contributed by atoms with van der Waals surface area (Å²) in [6, 6.07) is 4.33. The summed E-state index contributed by atoms with van der Waals surface area (Å²) in [4.78, 5) is 2.36. The van der Waals surface area contributed by atoms with Crippen LogP contribution in [0.1, 0.15) is 48.8 Å². The molecule has 1 saturated carbocycles. The molecule has 1 aromatic rings. The number of hydrogen-bond acceptors (Lipinski definition) is 4. The van der Waals surface area contributed by atoms with Crippen LogP contribution in [0.4, 0.5) is 0 Å². The Morgan fingerprint density at radius 1 is 1.44 bits per heavy atom. The molecule has 5 atom stereocenters. The molecule has 0 saturated heterocycles. The van der Waals surface area contributed by atoms with Crippen LogP contribution in [0.25, 0.3) is 0 Å². The quantitative estimate of drug-likeness (QED) is 0.807. The fourth-order valence-electron chi connectivity index (χ4n) is 5.36. The first kappa shape index (κ1) is 17.1. The van der Waals surface area contributed by atoms with Gasteiger partial charge in [0.2, 0.25) is 0 Å². The second-order valence-electron chi connectivity index (χ2n) is 7.95. The van der Waals surface area contributed by atoms with Gasteiger partial charge in [0.1, 0.15) is 11.9 Å². The van der Waals surface area contributed by atoms with Crippen molar-refractivity contribution in [1.82, 2.24) is 4.90 Å². The van der Waals surface area contributed by atoms with Crippen LogP contribution in [0.2, 0.25) is 0 Å². The SMILES string of the molecule is C=CCN(CCC)C1Cc2ccc(C)c3c2C2C(O3)C(O)CC[C@]21O. The third-order valence-electron chi connectivity index (χ3n) is 6.44. The zero-order chi connectivity index (χ0) is 17.8. The summed E-state index contributed by atoms with van der Waals surface area (Å²) in [5, 5.41) is 22.4. The summed E-state index contributed by atoms with van der Waals surface area (Å²) >= 11 is 0. The van der Waals surface area contributed by atoms with Gasteiger partial charge in [0.05, 0.1) is 17.6 Å². The lowest BCUT2D eigenvalue weighted by Crippen LogP contribution is -2.64. The highest BCUT2D eigenvalue weighted by Gasteiger charge is 2.61. The van der Waals surface area contributed by atoms with Crippen LogP contribution in [0.5, 0.6) is 5.75 Å². The maximum atomic E-state index is 11.9. The van der Waals surface area contributed by atoms with E-state index in [4.69, 9.17) is 4.74 Å². The van der Waals surface area contributed by atoms with E-state index < -0.39 is 11.7 Å². The number of nitrogens with zero attached hydrogens (tertiary/aromatic N) is 1. The van der Waals surface area contributed by atoms with E-state index >= 15 is 0 Å². The predicted molar refractivity (Wildman–Crippen MR) is 98.1 cm³/mol. The molecular formula is C21H29NO3. The fraction of sp³-hybridized carbons (Fsp3) is 0.619. The van der Waals surface area contributed by atoms with Gasteiger partial charge in [0.15, 0.2) is 0 Å². The van der Waals surface area contributed by atoms with Crippen LogP contribution in [0, 0.1) is 6.92 Å². The molecule has 0 spiro atoms. The standard InChI is InChI=1S/C21H29NO3/c1-4-10-22(11-5-2)16-12-14-7-6-13(3)19-17(14)18-20(25-19)15(23)8-9-21(16,18)24/h4,6-7,15-16,18,20,23-24H,1,5,8-12H2,2-3H3/t15?,16?,18?,20?,21-/m1/s1. The van der Waals surface area contributed by atoms with E-state index in [-0.39, 0.29) is 18.1 Å². The van der Waals surface area contributed by atoms with Crippen LogP contribution in [-0.4, -0.2) is 52.1 Å². The van der Waals surface area contributed by atoms with Crippen molar-refractivity contribution < 1.29 is 14.9 Å². The lowest BCUT2D eigenvalue weighted by atomic mass is 9.61. The molecule has 4 unspecified atom stereocenters. The molecule has 0 aromatic heterocycles. The first-order chi connectivity index (χ1) is 12.0. The van der Waals surface area contributed by atoms with Crippen LogP contribution < -0.4 is 4.74 Å². The number of rotatable bonds is 5. The first-order valence-electron chi connectivity index (χ1n) is 9.55. The van der Waals surface area contributed by atoms with Crippen molar-refractivity contribution in [3.63, 3.8) is 0 Å². The highest BCUT2D eigenvalue weighted by Crippen LogP contribution is 2.57. The van der Waals surface area contributed by atoms with Crippen molar-refractivity contribution in [1.29, 1.82) is 0 Å². The van der Waals surface area contributed by atoms with Gasteiger partial charge < -0.3 is 14.9 Å². The molecule has 0 amide bonds. The van der Waals surface area contributed by atoms with E-state index in [0.717, 1.165) is 42.8 Å². The monoisotopic (exact) mass is 343 g/mol. The Hall–Kier alpha value is -1.36. The van der Waals surface area contributed by atoms with Crippen molar-refractivity contribution in [2.75, 3.05) is 13.1 Å². The van der Waals surface area contributed by atoms with Crippen LogP contribution in [-0.2, 0) is 6.42 Å². The molecule has 0 radical (unpaired) electrons. The van der Waals surface area contributed by atoms with Crippen LogP contribution >= 0.6 is 0 Å². The summed E-state index contributed by atoms with van der Waals surface area (Å²) < 4.78 is 6.21. The Balaban J connectivity index is 1.84. The van der Waals surface area contributed by atoms with Gasteiger partial charge >= 0.3 is 0 Å². The number of ether oxygens (including phenoxy) is 1. The molecule has 136 valence electrons. The van der Waals surface area contributed by atoms with Gasteiger partial charge in [-0.15, -0.1) is 6.58 Å². The lowest BCUT2D eigenvalue weighted by molar-refractivity contribution is -0.139. The molecule has 0 bridgehead atoms.